The highest BCUT2D eigenvalue weighted by atomic mass is 19.3. The Balaban J connectivity index is 2.10. The number of halogens is 2. The number of nitrogens with one attached hydrogen (secondary N) is 1. The van der Waals surface area contributed by atoms with Crippen LogP contribution in [0.4, 0.5) is 14.5 Å². The summed E-state index contributed by atoms with van der Waals surface area (Å²) in [6.45, 7) is 0.864. The maximum Gasteiger partial charge on any atom is 0.586 e. The maximum absolute atomic E-state index is 12.8. The van der Waals surface area contributed by atoms with Crippen LogP contribution in [0, 0.1) is 0 Å². The van der Waals surface area contributed by atoms with Gasteiger partial charge in [0.05, 0.1) is 0 Å². The molecule has 2 aliphatic heterocycles. The van der Waals surface area contributed by atoms with Gasteiger partial charge in [0.2, 0.25) is 0 Å². The molecule has 0 bridgehead atoms. The minimum Gasteiger partial charge on any atom is -0.395 e. The van der Waals surface area contributed by atoms with Crippen molar-refractivity contribution in [3.8, 4) is 11.5 Å². The molecule has 0 spiro atoms. The van der Waals surface area contributed by atoms with E-state index in [9.17, 15) is 8.78 Å². The van der Waals surface area contributed by atoms with Crippen LogP contribution in [-0.2, 0) is 6.42 Å². The van der Waals surface area contributed by atoms with E-state index < -0.39 is 6.29 Å². The second-order valence-corrected chi connectivity index (χ2v) is 3.62. The molecule has 0 saturated heterocycles. The fraction of sp³-hybridized carbons (Fsp3) is 0.400. The summed E-state index contributed by atoms with van der Waals surface area (Å²) in [5.74, 6) is 0.312. The average molecular weight is 213 g/mol. The molecule has 3 rings (SSSR count). The lowest BCUT2D eigenvalue weighted by molar-refractivity contribution is -0.286. The number of ether oxygens (including phenoxy) is 2. The number of alkyl halides is 2. The van der Waals surface area contributed by atoms with Crippen LogP contribution in [0.3, 0.4) is 0 Å². The minimum absolute atomic E-state index is 0.127. The lowest BCUT2D eigenvalue weighted by Gasteiger charge is -2.18. The molecule has 0 unspecified atom stereocenters. The second-order valence-electron chi connectivity index (χ2n) is 3.62. The van der Waals surface area contributed by atoms with E-state index in [1.165, 1.54) is 6.07 Å². The predicted molar refractivity (Wildman–Crippen MR) is 49.5 cm³/mol. The SMILES string of the molecule is FC1(F)Oc2ccc3c(c2O1)CCCN3. The van der Waals surface area contributed by atoms with Crippen LogP contribution in [-0.4, -0.2) is 12.8 Å². The zero-order chi connectivity index (χ0) is 10.5. The third kappa shape index (κ3) is 1.30. The first-order valence-electron chi connectivity index (χ1n) is 4.81. The Labute approximate surface area is 85.0 Å². The molecule has 2 heterocycles. The normalized spacial score (nSPS) is 20.7. The van der Waals surface area contributed by atoms with Gasteiger partial charge < -0.3 is 14.8 Å². The van der Waals surface area contributed by atoms with Crippen LogP contribution in [0.2, 0.25) is 0 Å². The van der Waals surface area contributed by atoms with Gasteiger partial charge in [-0.05, 0) is 25.0 Å². The van der Waals surface area contributed by atoms with Gasteiger partial charge in [0.25, 0.3) is 0 Å². The van der Waals surface area contributed by atoms with Gasteiger partial charge in [-0.25, -0.2) is 0 Å². The van der Waals surface area contributed by atoms with Gasteiger partial charge >= 0.3 is 6.29 Å². The summed E-state index contributed by atoms with van der Waals surface area (Å²) >= 11 is 0. The Morgan fingerprint density at radius 3 is 3.00 bits per heavy atom. The number of rotatable bonds is 0. The van der Waals surface area contributed by atoms with Crippen LogP contribution < -0.4 is 14.8 Å². The fourth-order valence-corrected chi connectivity index (χ4v) is 1.97. The molecule has 5 heteroatoms. The Morgan fingerprint density at radius 2 is 2.13 bits per heavy atom. The van der Waals surface area contributed by atoms with Gasteiger partial charge in [-0.3, -0.25) is 0 Å². The van der Waals surface area contributed by atoms with Crippen molar-refractivity contribution in [2.45, 2.75) is 19.1 Å². The molecule has 0 aliphatic carbocycles. The molecule has 0 saturated carbocycles. The average Bonchev–Trinajstić information content (AvgIpc) is 2.52. The van der Waals surface area contributed by atoms with E-state index in [1.807, 2.05) is 0 Å². The van der Waals surface area contributed by atoms with Crippen molar-refractivity contribution in [2.75, 3.05) is 11.9 Å². The van der Waals surface area contributed by atoms with Gasteiger partial charge in [0.1, 0.15) is 0 Å². The quantitative estimate of drug-likeness (QED) is 0.717. The van der Waals surface area contributed by atoms with Crippen LogP contribution in [0.25, 0.3) is 0 Å². The topological polar surface area (TPSA) is 30.5 Å². The summed E-state index contributed by atoms with van der Waals surface area (Å²) in [4.78, 5) is 0. The molecular formula is C10H9F2NO2. The fourth-order valence-electron chi connectivity index (χ4n) is 1.97. The molecule has 1 N–H and O–H groups in total. The standard InChI is InChI=1S/C10H9F2NO2/c11-10(12)14-8-4-3-7-6(9(8)15-10)2-1-5-13-7/h3-4,13H,1-2,5H2. The molecule has 2 aliphatic rings. The first kappa shape index (κ1) is 8.76. The largest absolute Gasteiger partial charge is 0.586 e. The van der Waals surface area contributed by atoms with E-state index in [2.05, 4.69) is 14.8 Å². The van der Waals surface area contributed by atoms with Crippen molar-refractivity contribution in [1.82, 2.24) is 0 Å². The van der Waals surface area contributed by atoms with E-state index in [-0.39, 0.29) is 11.5 Å². The highest BCUT2D eigenvalue weighted by molar-refractivity contribution is 5.65. The number of hydrogen-bond acceptors (Lipinski definition) is 3. The van der Waals surface area contributed by atoms with Crippen LogP contribution in [0.1, 0.15) is 12.0 Å². The van der Waals surface area contributed by atoms with E-state index in [1.54, 1.807) is 6.07 Å². The molecular weight excluding hydrogens is 204 g/mol. The van der Waals surface area contributed by atoms with E-state index in [0.29, 0.717) is 0 Å². The Morgan fingerprint density at radius 1 is 1.27 bits per heavy atom. The lowest BCUT2D eigenvalue weighted by atomic mass is 10.0. The first-order chi connectivity index (χ1) is 7.16. The molecule has 15 heavy (non-hydrogen) atoms. The zero-order valence-corrected chi connectivity index (χ0v) is 7.85. The van der Waals surface area contributed by atoms with Crippen molar-refractivity contribution in [2.24, 2.45) is 0 Å². The van der Waals surface area contributed by atoms with Gasteiger partial charge in [0.15, 0.2) is 11.5 Å². The number of anilines is 1. The van der Waals surface area contributed by atoms with Crippen molar-refractivity contribution < 1.29 is 18.3 Å². The maximum atomic E-state index is 12.8. The lowest BCUT2D eigenvalue weighted by Crippen LogP contribution is -2.26. The summed E-state index contributed by atoms with van der Waals surface area (Å²) < 4.78 is 34.6. The molecule has 1 aromatic rings. The highest BCUT2D eigenvalue weighted by Crippen LogP contribution is 2.46. The van der Waals surface area contributed by atoms with Crippen LogP contribution in [0.15, 0.2) is 12.1 Å². The van der Waals surface area contributed by atoms with Gasteiger partial charge in [-0.15, -0.1) is 8.78 Å². The molecule has 0 atom stereocenters. The van der Waals surface area contributed by atoms with Gasteiger partial charge in [0, 0.05) is 17.8 Å². The number of benzene rings is 1. The minimum atomic E-state index is -3.52. The van der Waals surface area contributed by atoms with E-state index in [0.717, 1.165) is 30.6 Å². The van der Waals surface area contributed by atoms with Crippen molar-refractivity contribution >= 4 is 5.69 Å². The predicted octanol–water partition coefficient (Wildman–Crippen LogP) is 2.37. The molecule has 0 aromatic heterocycles. The summed E-state index contributed by atoms with van der Waals surface area (Å²) in [6.07, 6.45) is -1.86. The van der Waals surface area contributed by atoms with E-state index >= 15 is 0 Å². The molecule has 0 fully saturated rings. The third-order valence-electron chi connectivity index (χ3n) is 2.59. The number of fused-ring (bicyclic) bond motifs is 3. The monoisotopic (exact) mass is 213 g/mol. The molecule has 0 amide bonds. The summed E-state index contributed by atoms with van der Waals surface area (Å²) in [6, 6.07) is 3.26. The van der Waals surface area contributed by atoms with Crippen molar-refractivity contribution in [3.05, 3.63) is 17.7 Å². The van der Waals surface area contributed by atoms with Crippen molar-refractivity contribution in [1.29, 1.82) is 0 Å². The molecule has 80 valence electrons. The van der Waals surface area contributed by atoms with Crippen molar-refractivity contribution in [3.63, 3.8) is 0 Å². The smallest absolute Gasteiger partial charge is 0.395 e. The number of hydrogen-bond donors (Lipinski definition) is 1. The molecule has 1 aromatic carbocycles. The second kappa shape index (κ2) is 2.74. The summed E-state index contributed by atoms with van der Waals surface area (Å²) in [5.41, 5.74) is 1.65. The Kier molecular flexibility index (Phi) is 1.60. The van der Waals surface area contributed by atoms with Gasteiger partial charge in [-0.2, -0.15) is 0 Å². The summed E-state index contributed by atoms with van der Waals surface area (Å²) in [5, 5.41) is 3.14. The van der Waals surface area contributed by atoms with Crippen LogP contribution >= 0.6 is 0 Å². The molecule has 3 nitrogen and oxygen atoms in total. The zero-order valence-electron chi connectivity index (χ0n) is 7.85. The Bertz CT molecular complexity index is 420. The van der Waals surface area contributed by atoms with Gasteiger partial charge in [-0.1, -0.05) is 0 Å². The Hall–Kier alpha value is -1.52. The van der Waals surface area contributed by atoms with E-state index in [4.69, 9.17) is 0 Å². The third-order valence-corrected chi connectivity index (χ3v) is 2.59. The highest BCUT2D eigenvalue weighted by Gasteiger charge is 2.45. The molecule has 0 radical (unpaired) electrons. The van der Waals surface area contributed by atoms with Crippen LogP contribution in [0.5, 0.6) is 11.5 Å². The summed E-state index contributed by atoms with van der Waals surface area (Å²) in [7, 11) is 0. The first-order valence-corrected chi connectivity index (χ1v) is 4.81.